The van der Waals surface area contributed by atoms with Gasteiger partial charge in [-0.15, -0.1) is 11.8 Å². The number of nitrogens with zero attached hydrogens (tertiary/aromatic N) is 2. The standard InChI is InChI=1S/C17H14N2O3S/c20-15(12-23-11-13-7-3-1-4-8-13)16-17(21)22-18-19(16)14-9-5-2-6-10-14/h1-10H,11-12H2. The van der Waals surface area contributed by atoms with Crippen molar-refractivity contribution >= 4 is 17.5 Å². The molecule has 0 radical (unpaired) electrons. The molecule has 116 valence electrons. The van der Waals surface area contributed by atoms with Crippen LogP contribution in [0.1, 0.15) is 16.1 Å². The maximum Gasteiger partial charge on any atom is 0.307 e. The molecule has 0 N–H and O–H groups in total. The van der Waals surface area contributed by atoms with Crippen molar-refractivity contribution in [3.8, 4) is 11.6 Å². The number of aromatic nitrogens is 2. The molecule has 0 aliphatic rings. The van der Waals surface area contributed by atoms with E-state index in [1.807, 2.05) is 36.4 Å². The Morgan fingerprint density at radius 1 is 1.09 bits per heavy atom. The summed E-state index contributed by atoms with van der Waals surface area (Å²) in [6, 6.07) is 18.8. The topological polar surface area (TPSA) is 70.0 Å². The number of carbonyl (C=O) groups is 1. The fraction of sp³-hybridized carbons (Fsp3) is 0.118. The summed E-state index contributed by atoms with van der Waals surface area (Å²) in [6.07, 6.45) is 0. The summed E-state index contributed by atoms with van der Waals surface area (Å²) in [5, 5.41) is 15.5. The van der Waals surface area contributed by atoms with Crippen LogP contribution in [0.15, 0.2) is 65.2 Å². The van der Waals surface area contributed by atoms with Crippen LogP contribution in [0.3, 0.4) is 0 Å². The molecule has 0 amide bonds. The predicted molar refractivity (Wildman–Crippen MR) is 84.4 cm³/mol. The molecule has 0 atom stereocenters. The molecule has 1 aromatic heterocycles. The van der Waals surface area contributed by atoms with Crippen LogP contribution in [0.5, 0.6) is 5.95 Å². The summed E-state index contributed by atoms with van der Waals surface area (Å²) < 4.78 is 5.92. The largest absolute Gasteiger partial charge is 0.539 e. The molecule has 2 aromatic carbocycles. The summed E-state index contributed by atoms with van der Waals surface area (Å²) in [5.41, 5.74) is 1.71. The van der Waals surface area contributed by atoms with Crippen molar-refractivity contribution in [2.45, 2.75) is 5.75 Å². The van der Waals surface area contributed by atoms with Gasteiger partial charge in [0.2, 0.25) is 11.5 Å². The van der Waals surface area contributed by atoms with E-state index >= 15 is 0 Å². The number of para-hydroxylation sites is 1. The Balaban J connectivity index is 1.71. The first-order valence-electron chi connectivity index (χ1n) is 7.05. The molecule has 0 aliphatic carbocycles. The van der Waals surface area contributed by atoms with Gasteiger partial charge in [0.25, 0.3) is 0 Å². The Morgan fingerprint density at radius 3 is 2.43 bits per heavy atom. The fourth-order valence-corrected chi connectivity index (χ4v) is 2.98. The predicted octanol–water partition coefficient (Wildman–Crippen LogP) is 2.14. The first kappa shape index (κ1) is 15.3. The normalized spacial score (nSPS) is 10.6. The van der Waals surface area contributed by atoms with E-state index in [0.29, 0.717) is 11.4 Å². The first-order valence-corrected chi connectivity index (χ1v) is 8.20. The van der Waals surface area contributed by atoms with Crippen LogP contribution in [-0.4, -0.2) is 16.8 Å². The van der Waals surface area contributed by atoms with Crippen molar-refractivity contribution in [2.75, 3.05) is 5.75 Å². The number of hydrogen-bond acceptors (Lipinski definition) is 5. The molecular weight excluding hydrogens is 312 g/mol. The van der Waals surface area contributed by atoms with Crippen molar-refractivity contribution in [2.24, 2.45) is 0 Å². The molecule has 0 unspecified atom stereocenters. The van der Waals surface area contributed by atoms with Crippen molar-refractivity contribution in [3.05, 3.63) is 71.9 Å². The quantitative estimate of drug-likeness (QED) is 0.513. The monoisotopic (exact) mass is 326 g/mol. The van der Waals surface area contributed by atoms with Gasteiger partial charge in [0, 0.05) is 17.9 Å². The number of carbonyl (C=O) groups excluding carboxylic acids is 1. The molecule has 6 heteroatoms. The van der Waals surface area contributed by atoms with E-state index in [9.17, 15) is 9.90 Å². The van der Waals surface area contributed by atoms with E-state index in [1.54, 1.807) is 24.3 Å². The zero-order chi connectivity index (χ0) is 16.1. The second-order valence-corrected chi connectivity index (χ2v) is 5.84. The number of benzene rings is 2. The number of ketones is 1. The average molecular weight is 326 g/mol. The van der Waals surface area contributed by atoms with Gasteiger partial charge in [0.15, 0.2) is 5.95 Å². The van der Waals surface area contributed by atoms with Crippen molar-refractivity contribution in [1.29, 1.82) is 0 Å². The number of rotatable bonds is 6. The zero-order valence-electron chi connectivity index (χ0n) is 12.2. The zero-order valence-corrected chi connectivity index (χ0v) is 13.0. The van der Waals surface area contributed by atoms with Gasteiger partial charge in [-0.1, -0.05) is 48.5 Å². The highest BCUT2D eigenvalue weighted by Crippen LogP contribution is 2.16. The summed E-state index contributed by atoms with van der Waals surface area (Å²) in [6.45, 7) is 0. The Labute approximate surface area is 137 Å². The molecule has 23 heavy (non-hydrogen) atoms. The molecule has 0 aliphatic heterocycles. The number of Topliss-reactive ketones (excluding diaryl/α,β-unsaturated/α-hetero) is 1. The molecule has 0 saturated carbocycles. The molecule has 5 nitrogen and oxygen atoms in total. The van der Waals surface area contributed by atoms with E-state index in [4.69, 9.17) is 0 Å². The first-order chi connectivity index (χ1) is 11.3. The molecule has 0 fully saturated rings. The summed E-state index contributed by atoms with van der Waals surface area (Å²) in [7, 11) is 0. The van der Waals surface area contributed by atoms with Gasteiger partial charge in [-0.2, -0.15) is 0 Å². The molecule has 3 rings (SSSR count). The van der Waals surface area contributed by atoms with Crippen molar-refractivity contribution in [1.82, 2.24) is 5.27 Å². The number of thioether (sulfide) groups is 1. The average Bonchev–Trinajstić information content (AvgIpc) is 2.98. The van der Waals surface area contributed by atoms with Gasteiger partial charge < -0.3 is 9.63 Å². The summed E-state index contributed by atoms with van der Waals surface area (Å²) >= 11 is 1.45. The summed E-state index contributed by atoms with van der Waals surface area (Å²) in [5.74, 6) is -0.101. The minimum Gasteiger partial charge on any atom is -0.539 e. The lowest BCUT2D eigenvalue weighted by Gasteiger charge is -2.00. The van der Waals surface area contributed by atoms with Crippen LogP contribution < -0.4 is 9.79 Å². The molecule has 0 saturated heterocycles. The minimum atomic E-state index is -0.709. The lowest BCUT2D eigenvalue weighted by Crippen LogP contribution is -2.39. The number of hydrogen-bond donors (Lipinski definition) is 0. The smallest absolute Gasteiger partial charge is 0.307 e. The maximum atomic E-state index is 12.4. The third-order valence-corrected chi connectivity index (χ3v) is 4.22. The highest BCUT2D eigenvalue weighted by Gasteiger charge is 2.26. The SMILES string of the molecule is O=C(CSCc1ccccc1)c1c([O-])on[n+]1-c1ccccc1. The second-order valence-electron chi connectivity index (χ2n) is 4.86. The van der Waals surface area contributed by atoms with Gasteiger partial charge in [0.05, 0.1) is 11.0 Å². The summed E-state index contributed by atoms with van der Waals surface area (Å²) in [4.78, 5) is 12.4. The van der Waals surface area contributed by atoms with E-state index < -0.39 is 5.95 Å². The van der Waals surface area contributed by atoms with E-state index in [0.717, 1.165) is 5.56 Å². The van der Waals surface area contributed by atoms with Gasteiger partial charge in [-0.05, 0) is 10.2 Å². The third-order valence-electron chi connectivity index (χ3n) is 3.22. The molecule has 0 bridgehead atoms. The van der Waals surface area contributed by atoms with Gasteiger partial charge >= 0.3 is 5.69 Å². The van der Waals surface area contributed by atoms with Crippen LogP contribution in [0, 0.1) is 0 Å². The van der Waals surface area contributed by atoms with Crippen LogP contribution in [0.2, 0.25) is 0 Å². The van der Waals surface area contributed by atoms with Gasteiger partial charge in [-0.3, -0.25) is 4.79 Å². The Kier molecular flexibility index (Phi) is 4.73. The second kappa shape index (κ2) is 7.11. The van der Waals surface area contributed by atoms with Crippen molar-refractivity contribution in [3.63, 3.8) is 0 Å². The highest BCUT2D eigenvalue weighted by atomic mass is 32.2. The Hall–Kier alpha value is -2.60. The molecule has 3 aromatic rings. The van der Waals surface area contributed by atoms with Gasteiger partial charge in [-0.25, -0.2) is 0 Å². The van der Waals surface area contributed by atoms with E-state index in [2.05, 4.69) is 9.79 Å². The van der Waals surface area contributed by atoms with Crippen LogP contribution in [0.4, 0.5) is 0 Å². The molecule has 0 spiro atoms. The molecular formula is C17H14N2O3S. The van der Waals surface area contributed by atoms with E-state index in [-0.39, 0.29) is 17.2 Å². The van der Waals surface area contributed by atoms with Crippen LogP contribution in [-0.2, 0) is 5.75 Å². The van der Waals surface area contributed by atoms with Gasteiger partial charge in [0.1, 0.15) is 0 Å². The Morgan fingerprint density at radius 2 is 1.74 bits per heavy atom. The lowest BCUT2D eigenvalue weighted by molar-refractivity contribution is -0.672. The maximum absolute atomic E-state index is 12.4. The Bertz CT molecular complexity index is 788. The molecule has 1 heterocycles. The fourth-order valence-electron chi connectivity index (χ4n) is 2.13. The van der Waals surface area contributed by atoms with Crippen LogP contribution >= 0.6 is 11.8 Å². The van der Waals surface area contributed by atoms with E-state index in [1.165, 1.54) is 16.4 Å². The highest BCUT2D eigenvalue weighted by molar-refractivity contribution is 7.99. The van der Waals surface area contributed by atoms with Crippen LogP contribution in [0.25, 0.3) is 5.69 Å². The lowest BCUT2D eigenvalue weighted by atomic mass is 10.2. The van der Waals surface area contributed by atoms with Crippen molar-refractivity contribution < 1.29 is 19.1 Å². The third kappa shape index (κ3) is 3.60. The minimum absolute atomic E-state index is 0.0447.